The molecule has 1 aliphatic heterocycles. The summed E-state index contributed by atoms with van der Waals surface area (Å²) in [4.78, 5) is 28.6. The van der Waals surface area contributed by atoms with Crippen LogP contribution in [0.4, 0.5) is 5.13 Å². The predicted octanol–water partition coefficient (Wildman–Crippen LogP) is 3.36. The van der Waals surface area contributed by atoms with Crippen LogP contribution in [0.3, 0.4) is 0 Å². The molecule has 1 saturated carbocycles. The lowest BCUT2D eigenvalue weighted by molar-refractivity contribution is -0.128. The van der Waals surface area contributed by atoms with E-state index in [-0.39, 0.29) is 23.6 Å². The number of aromatic nitrogens is 2. The summed E-state index contributed by atoms with van der Waals surface area (Å²) < 4.78 is 11.9. The molecule has 1 fully saturated rings. The quantitative estimate of drug-likeness (QED) is 0.417. The summed E-state index contributed by atoms with van der Waals surface area (Å²) in [7, 11) is 0. The van der Waals surface area contributed by atoms with E-state index in [0.29, 0.717) is 42.2 Å². The molecule has 1 aromatic carbocycles. The van der Waals surface area contributed by atoms with Crippen LogP contribution in [0.2, 0.25) is 0 Å². The van der Waals surface area contributed by atoms with Crippen molar-refractivity contribution in [2.24, 2.45) is 0 Å². The number of benzene rings is 1. The van der Waals surface area contributed by atoms with E-state index in [0.717, 1.165) is 29.9 Å². The molecule has 8 nitrogen and oxygen atoms in total. The van der Waals surface area contributed by atoms with Crippen molar-refractivity contribution in [2.75, 3.05) is 30.4 Å². The number of ether oxygens (including phenoxy) is 2. The maximum Gasteiger partial charge on any atom is 0.233 e. The van der Waals surface area contributed by atoms with Crippen LogP contribution in [0.1, 0.15) is 38.7 Å². The van der Waals surface area contributed by atoms with Gasteiger partial charge in [0.1, 0.15) is 13.2 Å². The summed E-state index contributed by atoms with van der Waals surface area (Å²) in [5.41, 5.74) is 1.00. The number of fused-ring (bicyclic) bond motifs is 1. The van der Waals surface area contributed by atoms with Crippen LogP contribution in [0.5, 0.6) is 11.5 Å². The first-order valence-corrected chi connectivity index (χ1v) is 12.3. The second-order valence-corrected chi connectivity index (χ2v) is 9.55. The maximum absolute atomic E-state index is 12.8. The Labute approximate surface area is 189 Å². The molecule has 4 rings (SSSR count). The second-order valence-electron chi connectivity index (χ2n) is 7.37. The van der Waals surface area contributed by atoms with E-state index in [4.69, 9.17) is 9.47 Å². The number of nitrogens with zero attached hydrogens (tertiary/aromatic N) is 4. The fourth-order valence-corrected chi connectivity index (χ4v) is 5.16. The number of hydrogen-bond donors (Lipinski definition) is 0. The molecule has 0 N–H and O–H groups in total. The third-order valence-corrected chi connectivity index (χ3v) is 7.16. The fourth-order valence-electron chi connectivity index (χ4n) is 3.33. The zero-order chi connectivity index (χ0) is 21.8. The largest absolute Gasteiger partial charge is 0.486 e. The van der Waals surface area contributed by atoms with E-state index in [9.17, 15) is 9.59 Å². The second kappa shape index (κ2) is 9.86. The summed E-state index contributed by atoms with van der Waals surface area (Å²) in [5, 5.41) is 9.02. The van der Waals surface area contributed by atoms with Crippen molar-refractivity contribution in [3.05, 3.63) is 23.8 Å². The van der Waals surface area contributed by atoms with E-state index in [1.54, 1.807) is 9.80 Å². The van der Waals surface area contributed by atoms with E-state index in [1.807, 2.05) is 32.0 Å². The number of carbonyl (C=O) groups excluding carboxylic acids is 2. The lowest BCUT2D eigenvalue weighted by Crippen LogP contribution is -2.32. The Kier molecular flexibility index (Phi) is 6.96. The maximum atomic E-state index is 12.8. The van der Waals surface area contributed by atoms with Gasteiger partial charge in [-0.1, -0.05) is 36.1 Å². The Morgan fingerprint density at radius 2 is 1.90 bits per heavy atom. The molecule has 1 aromatic heterocycles. The van der Waals surface area contributed by atoms with Gasteiger partial charge in [0.25, 0.3) is 0 Å². The minimum Gasteiger partial charge on any atom is -0.486 e. The van der Waals surface area contributed by atoms with Gasteiger partial charge in [-0.15, -0.1) is 10.2 Å². The smallest absolute Gasteiger partial charge is 0.233 e. The average molecular weight is 463 g/mol. The highest BCUT2D eigenvalue weighted by molar-refractivity contribution is 8.01. The van der Waals surface area contributed by atoms with Gasteiger partial charge in [-0.25, -0.2) is 0 Å². The van der Waals surface area contributed by atoms with Crippen molar-refractivity contribution in [3.63, 3.8) is 0 Å². The number of thioether (sulfide) groups is 1. The number of rotatable bonds is 9. The van der Waals surface area contributed by atoms with Gasteiger partial charge in [0, 0.05) is 25.6 Å². The Bertz CT molecular complexity index is 947. The zero-order valence-electron chi connectivity index (χ0n) is 17.7. The molecule has 0 unspecified atom stereocenters. The first-order chi connectivity index (χ1) is 15.1. The van der Waals surface area contributed by atoms with Crippen molar-refractivity contribution < 1.29 is 19.1 Å². The number of anilines is 1. The zero-order valence-corrected chi connectivity index (χ0v) is 19.3. The number of carbonyl (C=O) groups is 2. The average Bonchev–Trinajstić information content (AvgIpc) is 3.52. The molecular weight excluding hydrogens is 436 g/mol. The van der Waals surface area contributed by atoms with Crippen LogP contribution in [0, 0.1) is 0 Å². The molecule has 1 aliphatic carbocycles. The van der Waals surface area contributed by atoms with Crippen LogP contribution < -0.4 is 14.4 Å². The Hall–Kier alpha value is -2.33. The third kappa shape index (κ3) is 5.30. The predicted molar refractivity (Wildman–Crippen MR) is 120 cm³/mol. The van der Waals surface area contributed by atoms with Crippen LogP contribution in [-0.4, -0.2) is 58.5 Å². The molecule has 10 heteroatoms. The Morgan fingerprint density at radius 1 is 1.13 bits per heavy atom. The molecule has 0 atom stereocenters. The summed E-state index contributed by atoms with van der Waals surface area (Å²) in [5.74, 6) is 1.85. The first-order valence-electron chi connectivity index (χ1n) is 10.5. The van der Waals surface area contributed by atoms with E-state index < -0.39 is 0 Å². The molecule has 31 heavy (non-hydrogen) atoms. The van der Waals surface area contributed by atoms with Gasteiger partial charge in [-0.3, -0.25) is 14.5 Å². The first kappa shape index (κ1) is 21.9. The van der Waals surface area contributed by atoms with Gasteiger partial charge < -0.3 is 14.4 Å². The lowest BCUT2D eigenvalue weighted by atomic mass is 10.2. The molecule has 0 radical (unpaired) electrons. The molecular formula is C21H26N4O4S2. The van der Waals surface area contributed by atoms with Crippen LogP contribution in [-0.2, 0) is 16.1 Å². The lowest BCUT2D eigenvalue weighted by Gasteiger charge is -2.23. The fraction of sp³-hybridized carbons (Fsp3) is 0.524. The summed E-state index contributed by atoms with van der Waals surface area (Å²) in [6.45, 7) is 6.03. The van der Waals surface area contributed by atoms with Crippen LogP contribution >= 0.6 is 23.1 Å². The van der Waals surface area contributed by atoms with Crippen molar-refractivity contribution in [1.82, 2.24) is 15.1 Å². The number of amides is 2. The van der Waals surface area contributed by atoms with Crippen molar-refractivity contribution in [3.8, 4) is 11.5 Å². The summed E-state index contributed by atoms with van der Waals surface area (Å²) in [6.07, 6.45) is 2.47. The van der Waals surface area contributed by atoms with Crippen LogP contribution in [0.15, 0.2) is 22.5 Å². The van der Waals surface area contributed by atoms with Gasteiger partial charge in [-0.2, -0.15) is 0 Å². The topological polar surface area (TPSA) is 84.9 Å². The van der Waals surface area contributed by atoms with Gasteiger partial charge in [0.15, 0.2) is 15.8 Å². The molecule has 0 saturated heterocycles. The van der Waals surface area contributed by atoms with E-state index in [1.165, 1.54) is 23.1 Å². The molecule has 2 aliphatic rings. The highest BCUT2D eigenvalue weighted by Crippen LogP contribution is 2.36. The van der Waals surface area contributed by atoms with E-state index >= 15 is 0 Å². The van der Waals surface area contributed by atoms with Crippen molar-refractivity contribution in [1.29, 1.82) is 0 Å². The van der Waals surface area contributed by atoms with Crippen molar-refractivity contribution >= 4 is 40.0 Å². The molecule has 2 heterocycles. The highest BCUT2D eigenvalue weighted by Gasteiger charge is 2.35. The normalized spacial score (nSPS) is 14.9. The SMILES string of the molecule is CCC(=O)N(c1nnc(SCC(=O)N(CC)Cc2ccc3c(c2)OCCO3)s1)C1CC1. The van der Waals surface area contributed by atoms with Crippen molar-refractivity contribution in [2.45, 2.75) is 50.0 Å². The molecule has 0 spiro atoms. The monoisotopic (exact) mass is 462 g/mol. The molecule has 0 bridgehead atoms. The van der Waals surface area contributed by atoms with Crippen LogP contribution in [0.25, 0.3) is 0 Å². The summed E-state index contributed by atoms with van der Waals surface area (Å²) >= 11 is 2.74. The van der Waals surface area contributed by atoms with Gasteiger partial charge in [0.2, 0.25) is 16.9 Å². The molecule has 166 valence electrons. The minimum atomic E-state index is 0.0304. The van der Waals surface area contributed by atoms with Gasteiger partial charge in [0.05, 0.1) is 5.75 Å². The summed E-state index contributed by atoms with van der Waals surface area (Å²) in [6, 6.07) is 6.04. The minimum absolute atomic E-state index is 0.0304. The van der Waals surface area contributed by atoms with Gasteiger partial charge >= 0.3 is 0 Å². The number of hydrogen-bond acceptors (Lipinski definition) is 8. The Balaban J connectivity index is 1.34. The Morgan fingerprint density at radius 3 is 2.61 bits per heavy atom. The van der Waals surface area contributed by atoms with E-state index in [2.05, 4.69) is 10.2 Å². The molecule has 2 amide bonds. The highest BCUT2D eigenvalue weighted by atomic mass is 32.2. The standard InChI is InChI=1S/C21H26N4O4S2/c1-3-18(26)25(15-6-7-15)20-22-23-21(31-20)30-13-19(27)24(4-2)12-14-5-8-16-17(11-14)29-10-9-28-16/h5,8,11,15H,3-4,6-7,9-10,12-13H2,1-2H3. The third-order valence-electron chi connectivity index (χ3n) is 5.12. The van der Waals surface area contributed by atoms with Gasteiger partial charge in [-0.05, 0) is 37.5 Å². The molecule has 2 aromatic rings.